The van der Waals surface area contributed by atoms with E-state index >= 15 is 0 Å². The molecular formula is C16H13FN2O2S. The summed E-state index contributed by atoms with van der Waals surface area (Å²) >= 11 is 1.54. The first-order valence-electron chi connectivity index (χ1n) is 6.66. The molecule has 112 valence electrons. The van der Waals surface area contributed by atoms with Gasteiger partial charge in [-0.2, -0.15) is 11.3 Å². The van der Waals surface area contributed by atoms with E-state index in [-0.39, 0.29) is 18.1 Å². The lowest BCUT2D eigenvalue weighted by atomic mass is 10.2. The van der Waals surface area contributed by atoms with Crippen LogP contribution in [0.2, 0.25) is 0 Å². The smallest absolute Gasteiger partial charge is 0.227 e. The Labute approximate surface area is 130 Å². The van der Waals surface area contributed by atoms with Crippen LogP contribution in [-0.2, 0) is 11.2 Å². The van der Waals surface area contributed by atoms with Gasteiger partial charge in [0.1, 0.15) is 5.82 Å². The van der Waals surface area contributed by atoms with Gasteiger partial charge < -0.3 is 9.73 Å². The van der Waals surface area contributed by atoms with Crippen LogP contribution >= 0.6 is 11.3 Å². The molecule has 6 heteroatoms. The van der Waals surface area contributed by atoms with E-state index in [1.807, 2.05) is 16.8 Å². The summed E-state index contributed by atoms with van der Waals surface area (Å²) in [5.74, 6) is 0.485. The van der Waals surface area contributed by atoms with Gasteiger partial charge in [0.25, 0.3) is 0 Å². The summed E-state index contributed by atoms with van der Waals surface area (Å²) in [5, 5.41) is 6.44. The average Bonchev–Trinajstić information content (AvgIpc) is 3.17. The molecule has 4 nitrogen and oxygen atoms in total. The van der Waals surface area contributed by atoms with Crippen LogP contribution < -0.4 is 5.32 Å². The van der Waals surface area contributed by atoms with E-state index < -0.39 is 0 Å². The second-order valence-electron chi connectivity index (χ2n) is 4.66. The van der Waals surface area contributed by atoms with Gasteiger partial charge in [0.2, 0.25) is 11.8 Å². The van der Waals surface area contributed by atoms with Gasteiger partial charge in [-0.05, 0) is 35.7 Å². The van der Waals surface area contributed by atoms with E-state index in [9.17, 15) is 9.18 Å². The highest BCUT2D eigenvalue weighted by atomic mass is 32.1. The molecule has 0 aliphatic heterocycles. The van der Waals surface area contributed by atoms with Crippen LogP contribution in [-0.4, -0.2) is 17.9 Å². The number of oxazole rings is 1. The van der Waals surface area contributed by atoms with Crippen molar-refractivity contribution in [3.63, 3.8) is 0 Å². The topological polar surface area (TPSA) is 55.1 Å². The molecule has 0 bridgehead atoms. The van der Waals surface area contributed by atoms with Gasteiger partial charge in [-0.25, -0.2) is 9.37 Å². The van der Waals surface area contributed by atoms with Gasteiger partial charge in [-0.3, -0.25) is 4.79 Å². The number of thiophene rings is 1. The van der Waals surface area contributed by atoms with Crippen molar-refractivity contribution >= 4 is 17.2 Å². The fourth-order valence-corrected chi connectivity index (χ4v) is 2.68. The van der Waals surface area contributed by atoms with E-state index in [1.54, 1.807) is 19.2 Å². The van der Waals surface area contributed by atoms with Crippen LogP contribution in [0.4, 0.5) is 4.39 Å². The van der Waals surface area contributed by atoms with Gasteiger partial charge in [-0.15, -0.1) is 0 Å². The Balaban J connectivity index is 2.04. The number of benzene rings is 1. The SMILES string of the molecule is CNC(=O)Cc1nc(-c2ccc(F)cc2)oc1-c1ccsc1. The van der Waals surface area contributed by atoms with Gasteiger partial charge in [0, 0.05) is 23.6 Å². The van der Waals surface area contributed by atoms with Crippen molar-refractivity contribution in [3.8, 4) is 22.8 Å². The summed E-state index contributed by atoms with van der Waals surface area (Å²) in [6.45, 7) is 0. The summed E-state index contributed by atoms with van der Waals surface area (Å²) in [5.41, 5.74) is 2.11. The number of nitrogens with one attached hydrogen (secondary N) is 1. The van der Waals surface area contributed by atoms with Crippen LogP contribution in [0.15, 0.2) is 45.5 Å². The number of rotatable bonds is 4. The van der Waals surface area contributed by atoms with Gasteiger partial charge in [0.15, 0.2) is 5.76 Å². The van der Waals surface area contributed by atoms with E-state index in [4.69, 9.17) is 4.42 Å². The Morgan fingerprint density at radius 1 is 1.27 bits per heavy atom. The number of nitrogens with zero attached hydrogens (tertiary/aromatic N) is 1. The molecule has 0 saturated heterocycles. The van der Waals surface area contributed by atoms with Crippen LogP contribution in [0, 0.1) is 5.82 Å². The predicted molar refractivity (Wildman–Crippen MR) is 83.0 cm³/mol. The van der Waals surface area contributed by atoms with Crippen molar-refractivity contribution in [1.29, 1.82) is 0 Å². The molecule has 0 aliphatic rings. The number of hydrogen-bond donors (Lipinski definition) is 1. The maximum absolute atomic E-state index is 13.0. The van der Waals surface area contributed by atoms with Gasteiger partial charge >= 0.3 is 0 Å². The Morgan fingerprint density at radius 2 is 2.05 bits per heavy atom. The van der Waals surface area contributed by atoms with Crippen molar-refractivity contribution in [1.82, 2.24) is 10.3 Å². The molecule has 0 radical (unpaired) electrons. The van der Waals surface area contributed by atoms with Crippen molar-refractivity contribution in [2.45, 2.75) is 6.42 Å². The third-order valence-corrected chi connectivity index (χ3v) is 3.86. The quantitative estimate of drug-likeness (QED) is 0.801. The van der Waals surface area contributed by atoms with Crippen molar-refractivity contribution in [2.24, 2.45) is 0 Å². The molecule has 1 N–H and O–H groups in total. The minimum Gasteiger partial charge on any atom is -0.436 e. The standard InChI is InChI=1S/C16H13FN2O2S/c1-18-14(20)8-13-15(11-6-7-22-9-11)21-16(19-13)10-2-4-12(17)5-3-10/h2-7,9H,8H2,1H3,(H,18,20). The average molecular weight is 316 g/mol. The highest BCUT2D eigenvalue weighted by Crippen LogP contribution is 2.31. The van der Waals surface area contributed by atoms with E-state index in [0.29, 0.717) is 22.9 Å². The van der Waals surface area contributed by atoms with Crippen molar-refractivity contribution in [2.75, 3.05) is 7.05 Å². The van der Waals surface area contributed by atoms with Crippen molar-refractivity contribution in [3.05, 3.63) is 52.6 Å². The third-order valence-electron chi connectivity index (χ3n) is 3.18. The molecule has 0 spiro atoms. The van der Waals surface area contributed by atoms with Crippen LogP contribution in [0.5, 0.6) is 0 Å². The van der Waals surface area contributed by atoms with Gasteiger partial charge in [-0.1, -0.05) is 0 Å². The number of amides is 1. The van der Waals surface area contributed by atoms with E-state index in [0.717, 1.165) is 5.56 Å². The molecule has 0 saturated carbocycles. The highest BCUT2D eigenvalue weighted by Gasteiger charge is 2.18. The zero-order valence-corrected chi connectivity index (χ0v) is 12.6. The van der Waals surface area contributed by atoms with E-state index in [2.05, 4.69) is 10.3 Å². The Hall–Kier alpha value is -2.47. The van der Waals surface area contributed by atoms with Crippen LogP contribution in [0.1, 0.15) is 5.69 Å². The van der Waals surface area contributed by atoms with Gasteiger partial charge in [0.05, 0.1) is 12.1 Å². The lowest BCUT2D eigenvalue weighted by molar-refractivity contribution is -0.120. The fraction of sp³-hybridized carbons (Fsp3) is 0.125. The Kier molecular flexibility index (Phi) is 4.02. The third kappa shape index (κ3) is 2.92. The second-order valence-corrected chi connectivity index (χ2v) is 5.44. The number of likely N-dealkylation sites (N-methyl/N-ethyl adjacent to an activating group) is 1. The minimum atomic E-state index is -0.320. The number of hydrogen-bond acceptors (Lipinski definition) is 4. The lowest BCUT2D eigenvalue weighted by Gasteiger charge is -1.98. The summed E-state index contributed by atoms with van der Waals surface area (Å²) in [7, 11) is 1.58. The molecule has 2 aromatic heterocycles. The number of halogens is 1. The summed E-state index contributed by atoms with van der Waals surface area (Å²) in [6, 6.07) is 7.81. The maximum atomic E-state index is 13.0. The van der Waals surface area contributed by atoms with Crippen LogP contribution in [0.3, 0.4) is 0 Å². The summed E-state index contributed by atoms with van der Waals surface area (Å²) < 4.78 is 18.8. The number of aromatic nitrogens is 1. The largest absolute Gasteiger partial charge is 0.436 e. The lowest BCUT2D eigenvalue weighted by Crippen LogP contribution is -2.20. The zero-order valence-electron chi connectivity index (χ0n) is 11.8. The molecule has 22 heavy (non-hydrogen) atoms. The molecule has 1 aromatic carbocycles. The Bertz CT molecular complexity index is 779. The molecule has 0 atom stereocenters. The van der Waals surface area contributed by atoms with E-state index in [1.165, 1.54) is 23.5 Å². The molecule has 2 heterocycles. The monoisotopic (exact) mass is 316 g/mol. The fourth-order valence-electron chi connectivity index (χ4n) is 2.05. The summed E-state index contributed by atoms with van der Waals surface area (Å²) in [4.78, 5) is 16.1. The molecule has 0 unspecified atom stereocenters. The molecule has 3 aromatic rings. The summed E-state index contributed by atoms with van der Waals surface area (Å²) in [6.07, 6.45) is 0.131. The molecule has 1 amide bonds. The molecule has 0 aliphatic carbocycles. The Morgan fingerprint density at radius 3 is 2.68 bits per heavy atom. The number of carbonyl (C=O) groups is 1. The normalized spacial score (nSPS) is 10.6. The first-order valence-corrected chi connectivity index (χ1v) is 7.60. The molecular weight excluding hydrogens is 303 g/mol. The first kappa shape index (κ1) is 14.5. The minimum absolute atomic E-state index is 0.131. The second kappa shape index (κ2) is 6.11. The molecule has 3 rings (SSSR count). The predicted octanol–water partition coefficient (Wildman–Crippen LogP) is 3.50. The maximum Gasteiger partial charge on any atom is 0.227 e. The highest BCUT2D eigenvalue weighted by molar-refractivity contribution is 7.08. The van der Waals surface area contributed by atoms with Crippen LogP contribution in [0.25, 0.3) is 22.8 Å². The number of carbonyl (C=O) groups excluding carboxylic acids is 1. The zero-order chi connectivity index (χ0) is 15.5. The molecule has 0 fully saturated rings. The first-order chi connectivity index (χ1) is 10.7. The van der Waals surface area contributed by atoms with Crippen molar-refractivity contribution < 1.29 is 13.6 Å².